The monoisotopic (exact) mass is 584 g/mol. The van der Waals surface area contributed by atoms with Crippen LogP contribution in [0.15, 0.2) is 60.2 Å². The van der Waals surface area contributed by atoms with E-state index in [-0.39, 0.29) is 11.3 Å². The molecule has 2 aliphatic heterocycles. The van der Waals surface area contributed by atoms with Crippen molar-refractivity contribution in [2.45, 2.75) is 46.1 Å². The molecule has 0 bridgehead atoms. The second-order valence-electron chi connectivity index (χ2n) is 10.6. The summed E-state index contributed by atoms with van der Waals surface area (Å²) in [7, 11) is 0. The Morgan fingerprint density at radius 3 is 2.67 bits per heavy atom. The molecule has 1 N–H and O–H groups in total. The van der Waals surface area contributed by atoms with Gasteiger partial charge in [0.1, 0.15) is 24.7 Å². The number of rotatable bonds is 8. The number of thiazole rings is 1. The number of ketones is 1. The van der Waals surface area contributed by atoms with Gasteiger partial charge in [0, 0.05) is 5.56 Å². The van der Waals surface area contributed by atoms with Crippen LogP contribution in [0.4, 0.5) is 5.13 Å². The lowest BCUT2D eigenvalue weighted by atomic mass is 9.95. The average molecular weight is 585 g/mol. The molecule has 0 aliphatic carbocycles. The highest BCUT2D eigenvalue weighted by Crippen LogP contribution is 2.46. The van der Waals surface area contributed by atoms with Gasteiger partial charge in [-0.3, -0.25) is 14.5 Å². The van der Waals surface area contributed by atoms with Gasteiger partial charge in [0.15, 0.2) is 16.6 Å². The van der Waals surface area contributed by atoms with Crippen molar-refractivity contribution in [1.29, 1.82) is 0 Å². The zero-order valence-corrected chi connectivity index (χ0v) is 24.6. The number of carbonyl (C=O) groups excluding carboxylic acids is 2. The van der Waals surface area contributed by atoms with Gasteiger partial charge < -0.3 is 19.3 Å². The summed E-state index contributed by atoms with van der Waals surface area (Å²) in [5.74, 6) is -0.168. The Kier molecular flexibility index (Phi) is 7.60. The van der Waals surface area contributed by atoms with Crippen LogP contribution in [-0.2, 0) is 9.59 Å². The highest BCUT2D eigenvalue weighted by atomic mass is 32.1. The highest BCUT2D eigenvalue weighted by molar-refractivity contribution is 7.22. The minimum Gasteiger partial charge on any atom is -0.507 e. The largest absolute Gasteiger partial charge is 0.507 e. The maximum Gasteiger partial charge on any atom is 0.301 e. The number of aliphatic hydroxyl groups is 1. The number of aryl methyl sites for hydroxylation is 2. The lowest BCUT2D eigenvalue weighted by Crippen LogP contribution is -2.29. The molecular weight excluding hydrogens is 552 g/mol. The first-order valence-corrected chi connectivity index (χ1v) is 15.0. The van der Waals surface area contributed by atoms with Crippen molar-refractivity contribution >= 4 is 44.1 Å². The maximum atomic E-state index is 13.7. The first-order chi connectivity index (χ1) is 20.4. The van der Waals surface area contributed by atoms with E-state index in [1.807, 2.05) is 50.2 Å². The van der Waals surface area contributed by atoms with Crippen molar-refractivity contribution in [1.82, 2.24) is 4.98 Å². The number of aliphatic hydroxyl groups excluding tert-OH is 1. The smallest absolute Gasteiger partial charge is 0.301 e. The summed E-state index contributed by atoms with van der Waals surface area (Å²) < 4.78 is 18.3. The zero-order valence-electron chi connectivity index (χ0n) is 23.8. The third kappa shape index (κ3) is 5.09. The SMILES string of the molecule is CCCCCOc1cccc(C2C(=C(O)c3ccc4c(c3)OCCO4)C(=O)C(=O)N2c2nc3c(C)cc(C)cc3s2)c1. The van der Waals surface area contributed by atoms with Gasteiger partial charge in [0.2, 0.25) is 0 Å². The molecule has 0 saturated carbocycles. The molecule has 0 spiro atoms. The predicted molar refractivity (Wildman–Crippen MR) is 163 cm³/mol. The Balaban J connectivity index is 1.49. The molecule has 4 aromatic rings. The molecule has 3 aromatic carbocycles. The lowest BCUT2D eigenvalue weighted by molar-refractivity contribution is -0.132. The molecule has 8 nitrogen and oxygen atoms in total. The van der Waals surface area contributed by atoms with Gasteiger partial charge in [0.05, 0.1) is 28.4 Å². The van der Waals surface area contributed by atoms with E-state index in [0.717, 1.165) is 40.6 Å². The summed E-state index contributed by atoms with van der Waals surface area (Å²) in [6.07, 6.45) is 3.07. The normalized spacial score (nSPS) is 17.7. The number of fused-ring (bicyclic) bond motifs is 2. The minimum atomic E-state index is -0.917. The van der Waals surface area contributed by atoms with Crippen LogP contribution >= 0.6 is 11.3 Å². The third-order valence-electron chi connectivity index (χ3n) is 7.48. The Morgan fingerprint density at radius 2 is 1.86 bits per heavy atom. The van der Waals surface area contributed by atoms with E-state index in [9.17, 15) is 14.7 Å². The van der Waals surface area contributed by atoms with E-state index < -0.39 is 17.7 Å². The van der Waals surface area contributed by atoms with Crippen LogP contribution in [-0.4, -0.2) is 41.6 Å². The number of benzene rings is 3. The predicted octanol–water partition coefficient (Wildman–Crippen LogP) is 6.88. The van der Waals surface area contributed by atoms with Crippen molar-refractivity contribution in [2.24, 2.45) is 0 Å². The number of nitrogens with zero attached hydrogens (tertiary/aromatic N) is 2. The van der Waals surface area contributed by atoms with E-state index in [1.165, 1.54) is 16.2 Å². The fraction of sp³-hybridized carbons (Fsp3) is 0.303. The van der Waals surface area contributed by atoms with E-state index in [2.05, 4.69) is 6.92 Å². The molecule has 1 saturated heterocycles. The summed E-state index contributed by atoms with van der Waals surface area (Å²) >= 11 is 1.35. The van der Waals surface area contributed by atoms with E-state index in [0.29, 0.717) is 53.3 Å². The van der Waals surface area contributed by atoms with Crippen LogP contribution in [0.2, 0.25) is 0 Å². The third-order valence-corrected chi connectivity index (χ3v) is 8.48. The van der Waals surface area contributed by atoms with Crippen LogP contribution in [0.3, 0.4) is 0 Å². The van der Waals surface area contributed by atoms with Crippen LogP contribution < -0.4 is 19.1 Å². The molecular formula is C33H32N2O6S. The number of amides is 1. The van der Waals surface area contributed by atoms with Crippen molar-refractivity contribution in [2.75, 3.05) is 24.7 Å². The molecule has 3 heterocycles. The van der Waals surface area contributed by atoms with Crippen molar-refractivity contribution in [3.63, 3.8) is 0 Å². The highest BCUT2D eigenvalue weighted by Gasteiger charge is 2.48. The van der Waals surface area contributed by atoms with E-state index in [1.54, 1.807) is 18.2 Å². The van der Waals surface area contributed by atoms with Crippen molar-refractivity contribution in [3.05, 3.63) is 82.4 Å². The van der Waals surface area contributed by atoms with Gasteiger partial charge in [0.25, 0.3) is 5.78 Å². The number of hydrogen-bond acceptors (Lipinski definition) is 8. The first kappa shape index (κ1) is 27.8. The number of aromatic nitrogens is 1. The molecule has 9 heteroatoms. The second kappa shape index (κ2) is 11.5. The second-order valence-corrected chi connectivity index (χ2v) is 11.6. The number of ether oxygens (including phenoxy) is 3. The molecule has 1 unspecified atom stereocenters. The molecule has 42 heavy (non-hydrogen) atoms. The molecule has 0 radical (unpaired) electrons. The Labute approximate surface area is 248 Å². The number of Topliss-reactive ketones (excluding diaryl/α,β-unsaturated/α-hetero) is 1. The molecule has 1 amide bonds. The topological polar surface area (TPSA) is 98.2 Å². The van der Waals surface area contributed by atoms with E-state index in [4.69, 9.17) is 19.2 Å². The summed E-state index contributed by atoms with van der Waals surface area (Å²) in [6.45, 7) is 7.50. The summed E-state index contributed by atoms with van der Waals surface area (Å²) in [5, 5.41) is 12.0. The van der Waals surface area contributed by atoms with Gasteiger partial charge in [-0.2, -0.15) is 0 Å². The van der Waals surface area contributed by atoms with Crippen molar-refractivity contribution < 1.29 is 28.9 Å². The van der Waals surface area contributed by atoms with Crippen LogP contribution in [0.1, 0.15) is 54.5 Å². The summed E-state index contributed by atoms with van der Waals surface area (Å²) in [4.78, 5) is 33.7. The van der Waals surface area contributed by atoms with Crippen LogP contribution in [0.25, 0.3) is 16.0 Å². The molecule has 216 valence electrons. The zero-order chi connectivity index (χ0) is 29.4. The number of unbranched alkanes of at least 4 members (excludes halogenated alkanes) is 2. The number of carbonyl (C=O) groups is 2. The summed E-state index contributed by atoms with van der Waals surface area (Å²) in [6, 6.07) is 15.5. The van der Waals surface area contributed by atoms with Crippen LogP contribution in [0, 0.1) is 13.8 Å². The maximum absolute atomic E-state index is 13.7. The molecule has 2 aliphatic rings. The first-order valence-electron chi connectivity index (χ1n) is 14.2. The fourth-order valence-corrected chi connectivity index (χ4v) is 6.64. The van der Waals surface area contributed by atoms with Gasteiger partial charge in [-0.05, 0) is 73.4 Å². The Bertz CT molecular complexity index is 1730. The van der Waals surface area contributed by atoms with E-state index >= 15 is 0 Å². The quantitative estimate of drug-likeness (QED) is 0.104. The Morgan fingerprint density at radius 1 is 1.05 bits per heavy atom. The Hall–Kier alpha value is -4.37. The van der Waals surface area contributed by atoms with Gasteiger partial charge in [-0.25, -0.2) is 4.98 Å². The minimum absolute atomic E-state index is 0.0213. The van der Waals surface area contributed by atoms with Crippen LogP contribution in [0.5, 0.6) is 17.2 Å². The number of hydrogen-bond donors (Lipinski definition) is 1. The fourth-order valence-electron chi connectivity index (χ4n) is 5.47. The standard InChI is InChI=1S/C33H32N2O6S/c1-4-5-6-12-39-23-9-7-8-21(17-23)29-27(30(36)22-10-11-24-25(18-22)41-14-13-40-24)31(37)32(38)35(29)33-34-28-20(3)15-19(2)16-26(28)42-33/h7-11,15-18,29,36H,4-6,12-14H2,1-3H3. The van der Waals surface area contributed by atoms with Gasteiger partial charge in [-0.15, -0.1) is 0 Å². The number of anilines is 1. The molecule has 1 fully saturated rings. The van der Waals surface area contributed by atoms with Crippen molar-refractivity contribution in [3.8, 4) is 17.2 Å². The molecule has 1 aromatic heterocycles. The summed E-state index contributed by atoms with van der Waals surface area (Å²) in [5.41, 5.74) is 3.81. The molecule has 1 atom stereocenters. The van der Waals surface area contributed by atoms with Gasteiger partial charge in [-0.1, -0.05) is 49.3 Å². The molecule has 6 rings (SSSR count). The van der Waals surface area contributed by atoms with Gasteiger partial charge >= 0.3 is 5.91 Å². The lowest BCUT2D eigenvalue weighted by Gasteiger charge is -2.24. The average Bonchev–Trinajstić information content (AvgIpc) is 3.53.